The van der Waals surface area contributed by atoms with Gasteiger partial charge in [0.1, 0.15) is 11.4 Å². The van der Waals surface area contributed by atoms with Crippen molar-refractivity contribution in [3.8, 4) is 0 Å². The predicted molar refractivity (Wildman–Crippen MR) is 86.1 cm³/mol. The Labute approximate surface area is 141 Å². The van der Waals surface area contributed by atoms with Gasteiger partial charge in [0.15, 0.2) is 6.04 Å². The fraction of sp³-hybridized carbons (Fsp3) is 0.312. The summed E-state index contributed by atoms with van der Waals surface area (Å²) in [5.74, 6) is -2.04. The summed E-state index contributed by atoms with van der Waals surface area (Å²) >= 11 is -1.44. The van der Waals surface area contributed by atoms with Gasteiger partial charge in [0.2, 0.25) is 11.3 Å². The quantitative estimate of drug-likeness (QED) is 0.588. The molecule has 1 fully saturated rings. The van der Waals surface area contributed by atoms with Gasteiger partial charge in [0.05, 0.1) is 6.42 Å². The molecule has 7 nitrogen and oxygen atoms in total. The summed E-state index contributed by atoms with van der Waals surface area (Å²) in [7, 11) is 0. The number of carboxylic acid groups (broad SMARTS) is 1. The van der Waals surface area contributed by atoms with Crippen LogP contribution in [0.5, 0.6) is 0 Å². The number of rotatable bonds is 4. The molecule has 0 spiro atoms. The number of hydrogen-bond donors (Lipinski definition) is 2. The molecule has 0 bridgehead atoms. The van der Waals surface area contributed by atoms with Crippen LogP contribution >= 0.6 is 0 Å². The molecule has 3 atom stereocenters. The summed E-state index contributed by atoms with van der Waals surface area (Å²) in [6.07, 6.45) is 0.102. The zero-order valence-electron chi connectivity index (χ0n) is 12.9. The van der Waals surface area contributed by atoms with Gasteiger partial charge in [-0.15, -0.1) is 0 Å². The lowest BCUT2D eigenvalue weighted by Crippen LogP contribution is -2.74. The van der Waals surface area contributed by atoms with Gasteiger partial charge >= 0.3 is 5.97 Å². The number of nitrogens with one attached hydrogen (secondary N) is 1. The van der Waals surface area contributed by atoms with Crippen LogP contribution in [0.25, 0.3) is 0 Å². The second-order valence-corrected chi connectivity index (χ2v) is 7.30. The molecule has 2 heterocycles. The highest BCUT2D eigenvalue weighted by Gasteiger charge is 2.60. The third kappa shape index (κ3) is 2.78. The van der Waals surface area contributed by atoms with Gasteiger partial charge in [-0.1, -0.05) is 30.3 Å². The summed E-state index contributed by atoms with van der Waals surface area (Å²) in [6.45, 7) is 1.55. The lowest BCUT2D eigenvalue weighted by molar-refractivity contribution is -0.151. The second-order valence-electron chi connectivity index (χ2n) is 5.77. The maximum absolute atomic E-state index is 12.3. The minimum absolute atomic E-state index is 0.0845. The molecule has 0 unspecified atom stereocenters. The van der Waals surface area contributed by atoms with Gasteiger partial charge in [-0.25, -0.2) is 4.79 Å². The molecular weight excluding hydrogens is 332 g/mol. The van der Waals surface area contributed by atoms with E-state index in [1.807, 2.05) is 18.2 Å². The highest BCUT2D eigenvalue weighted by Crippen LogP contribution is 2.36. The van der Waals surface area contributed by atoms with Crippen LogP contribution in [0.2, 0.25) is 0 Å². The molecule has 2 amide bonds. The van der Waals surface area contributed by atoms with E-state index in [9.17, 15) is 24.0 Å². The van der Waals surface area contributed by atoms with Crippen molar-refractivity contribution in [2.24, 2.45) is 0 Å². The molecule has 3 rings (SSSR count). The van der Waals surface area contributed by atoms with Crippen LogP contribution in [-0.4, -0.2) is 49.5 Å². The van der Waals surface area contributed by atoms with E-state index in [0.29, 0.717) is 5.57 Å². The Kier molecular flexibility index (Phi) is 4.33. The van der Waals surface area contributed by atoms with Crippen molar-refractivity contribution >= 4 is 29.0 Å². The summed E-state index contributed by atoms with van der Waals surface area (Å²) in [5, 5.41) is 11.0. The Balaban J connectivity index is 1.72. The molecule has 8 heteroatoms. The van der Waals surface area contributed by atoms with Gasteiger partial charge < -0.3 is 15.0 Å². The van der Waals surface area contributed by atoms with Crippen molar-refractivity contribution < 1.29 is 24.0 Å². The topological polar surface area (TPSA) is 110 Å². The Morgan fingerprint density at radius 3 is 2.67 bits per heavy atom. The van der Waals surface area contributed by atoms with Crippen molar-refractivity contribution in [1.82, 2.24) is 10.2 Å². The van der Waals surface area contributed by atoms with E-state index < -0.39 is 34.5 Å². The number of aliphatic carboxylic acids is 1. The van der Waals surface area contributed by atoms with E-state index in [1.165, 1.54) is 0 Å². The Bertz CT molecular complexity index is 733. The fourth-order valence-corrected chi connectivity index (χ4v) is 4.63. The first-order valence-electron chi connectivity index (χ1n) is 7.36. The first-order chi connectivity index (χ1) is 11.4. The number of carbonyl (C=O) groups is 3. The molecule has 2 aliphatic rings. The lowest BCUT2D eigenvalue weighted by Gasteiger charge is -2.48. The Morgan fingerprint density at radius 2 is 2.04 bits per heavy atom. The first kappa shape index (κ1) is 16.5. The normalized spacial score (nSPS) is 25.8. The molecular formula is C16H16N2O5S. The average Bonchev–Trinajstić information content (AvgIpc) is 2.53. The van der Waals surface area contributed by atoms with Crippen LogP contribution < -0.4 is 5.32 Å². The molecule has 126 valence electrons. The third-order valence-electron chi connectivity index (χ3n) is 4.04. The summed E-state index contributed by atoms with van der Waals surface area (Å²) < 4.78 is 12.3. The Morgan fingerprint density at radius 1 is 1.38 bits per heavy atom. The van der Waals surface area contributed by atoms with Crippen LogP contribution in [0.1, 0.15) is 12.5 Å². The first-order valence-corrected chi connectivity index (χ1v) is 8.75. The van der Waals surface area contributed by atoms with Gasteiger partial charge in [0, 0.05) is 5.57 Å². The number of fused-ring (bicyclic) bond motifs is 1. The van der Waals surface area contributed by atoms with Crippen LogP contribution in [0.15, 0.2) is 41.6 Å². The SMILES string of the molecule is CC1=C(C(=O)O)N2C(=O)[C@@H](NC(=O)Cc3ccccc3)[C@H]2[S@+]([O-])C1. The van der Waals surface area contributed by atoms with Crippen LogP contribution in [-0.2, 0) is 32.0 Å². The number of benzene rings is 1. The summed E-state index contributed by atoms with van der Waals surface area (Å²) in [5.41, 5.74) is 1.07. The number of hydrogen-bond acceptors (Lipinski definition) is 4. The molecule has 0 aliphatic carbocycles. The van der Waals surface area contributed by atoms with E-state index in [0.717, 1.165) is 10.5 Å². The smallest absolute Gasteiger partial charge is 0.352 e. The molecule has 0 radical (unpaired) electrons. The summed E-state index contributed by atoms with van der Waals surface area (Å²) in [6, 6.07) is 8.10. The number of carboxylic acids is 1. The molecule has 0 saturated carbocycles. The van der Waals surface area contributed by atoms with Gasteiger partial charge in [0.25, 0.3) is 5.91 Å². The number of carbonyl (C=O) groups excluding carboxylic acids is 2. The standard InChI is InChI=1S/C16H16N2O5S/c1-9-8-24(23)15-12(14(20)18(15)13(9)16(21)22)17-11(19)7-10-5-3-2-4-6-10/h2-6,12,15H,7-8H2,1H3,(H,17,19)(H,21,22)/t12-,15-,24-/m1/s1. The van der Waals surface area contributed by atoms with Crippen LogP contribution in [0.4, 0.5) is 0 Å². The maximum Gasteiger partial charge on any atom is 0.352 e. The zero-order valence-corrected chi connectivity index (χ0v) is 13.7. The fourth-order valence-electron chi connectivity index (χ4n) is 2.97. The van der Waals surface area contributed by atoms with Crippen molar-refractivity contribution in [3.63, 3.8) is 0 Å². The van der Waals surface area contributed by atoms with Gasteiger partial charge in [-0.2, -0.15) is 0 Å². The molecule has 1 aromatic carbocycles. The average molecular weight is 348 g/mol. The molecule has 1 aromatic rings. The van der Waals surface area contributed by atoms with Crippen molar-refractivity contribution in [3.05, 3.63) is 47.2 Å². The molecule has 0 aromatic heterocycles. The summed E-state index contributed by atoms with van der Waals surface area (Å²) in [4.78, 5) is 36.8. The Hall–Kier alpha value is -2.32. The van der Waals surface area contributed by atoms with Gasteiger partial charge in [-0.05, 0) is 23.7 Å². The van der Waals surface area contributed by atoms with Crippen molar-refractivity contribution in [2.75, 3.05) is 5.75 Å². The zero-order chi connectivity index (χ0) is 17.4. The molecule has 24 heavy (non-hydrogen) atoms. The highest BCUT2D eigenvalue weighted by molar-refractivity contribution is 7.92. The van der Waals surface area contributed by atoms with Crippen LogP contribution in [0.3, 0.4) is 0 Å². The number of β-lactam (4-membered cyclic amide) rings is 1. The third-order valence-corrected chi connectivity index (χ3v) is 5.78. The van der Waals surface area contributed by atoms with Crippen molar-refractivity contribution in [2.45, 2.75) is 24.8 Å². The second kappa shape index (κ2) is 6.29. The number of amides is 2. The lowest BCUT2D eigenvalue weighted by atomic mass is 10.0. The van der Waals surface area contributed by atoms with Gasteiger partial charge in [-0.3, -0.25) is 14.5 Å². The largest absolute Gasteiger partial charge is 0.614 e. The molecule has 1 saturated heterocycles. The van der Waals surface area contributed by atoms with E-state index >= 15 is 0 Å². The number of nitrogens with zero attached hydrogens (tertiary/aromatic N) is 1. The van der Waals surface area contributed by atoms with E-state index in [2.05, 4.69) is 5.32 Å². The minimum Gasteiger partial charge on any atom is -0.614 e. The maximum atomic E-state index is 12.3. The van der Waals surface area contributed by atoms with E-state index in [-0.39, 0.29) is 23.8 Å². The van der Waals surface area contributed by atoms with E-state index in [1.54, 1.807) is 19.1 Å². The van der Waals surface area contributed by atoms with E-state index in [4.69, 9.17) is 0 Å². The van der Waals surface area contributed by atoms with Crippen LogP contribution in [0, 0.1) is 0 Å². The van der Waals surface area contributed by atoms with Crippen molar-refractivity contribution in [1.29, 1.82) is 0 Å². The monoisotopic (exact) mass is 348 g/mol. The predicted octanol–water partition coefficient (Wildman–Crippen LogP) is 0.00310. The molecule has 2 N–H and O–H groups in total. The highest BCUT2D eigenvalue weighted by atomic mass is 32.2. The molecule has 2 aliphatic heterocycles. The minimum atomic E-state index is -1.44.